The highest BCUT2D eigenvalue weighted by molar-refractivity contribution is 5.74. The number of ether oxygens (including phenoxy) is 2. The number of fused-ring (bicyclic) bond motifs is 1. The zero-order valence-corrected chi connectivity index (χ0v) is 17.2. The molecule has 0 saturated carbocycles. The number of aryl methyl sites for hydroxylation is 1. The van der Waals surface area contributed by atoms with Crippen molar-refractivity contribution in [3.63, 3.8) is 0 Å². The summed E-state index contributed by atoms with van der Waals surface area (Å²) in [5, 5.41) is 13.6. The van der Waals surface area contributed by atoms with Gasteiger partial charge in [0.05, 0.1) is 13.7 Å². The van der Waals surface area contributed by atoms with Crippen LogP contribution in [0.1, 0.15) is 0 Å². The molecular formula is C20H25N5O5. The van der Waals surface area contributed by atoms with Gasteiger partial charge in [-0.15, -0.1) is 6.58 Å². The van der Waals surface area contributed by atoms with E-state index in [-0.39, 0.29) is 24.3 Å². The number of hydrogen-bond acceptors (Lipinski definition) is 7. The maximum absolute atomic E-state index is 12.7. The number of anilines is 1. The first kappa shape index (κ1) is 21.2. The topological polar surface area (TPSA) is 113 Å². The normalized spacial score (nSPS) is 12.0. The molecule has 0 amide bonds. The minimum Gasteiger partial charge on any atom is -0.497 e. The molecule has 10 heteroatoms. The smallest absolute Gasteiger partial charge is 0.332 e. The zero-order chi connectivity index (χ0) is 21.8. The molecule has 0 unspecified atom stereocenters. The lowest BCUT2D eigenvalue weighted by atomic mass is 10.3. The van der Waals surface area contributed by atoms with Crippen LogP contribution in [0.2, 0.25) is 0 Å². The molecule has 3 rings (SSSR count). The van der Waals surface area contributed by atoms with Crippen LogP contribution in [-0.4, -0.2) is 50.2 Å². The van der Waals surface area contributed by atoms with Gasteiger partial charge in [0, 0.05) is 20.6 Å². The maximum Gasteiger partial charge on any atom is 0.332 e. The second-order valence-electron chi connectivity index (χ2n) is 6.73. The van der Waals surface area contributed by atoms with Crippen molar-refractivity contribution in [3.05, 3.63) is 57.8 Å². The number of aliphatic hydroxyl groups excluding tert-OH is 1. The number of nitrogens with zero attached hydrogens (tertiary/aromatic N) is 4. The Bertz CT molecular complexity index is 1160. The van der Waals surface area contributed by atoms with Crippen LogP contribution in [0, 0.1) is 0 Å². The van der Waals surface area contributed by atoms with Crippen LogP contribution in [0.15, 0.2) is 46.5 Å². The average molecular weight is 415 g/mol. The van der Waals surface area contributed by atoms with Crippen molar-refractivity contribution in [1.29, 1.82) is 0 Å². The molecule has 1 atom stereocenters. The number of aliphatic hydroxyl groups is 1. The lowest BCUT2D eigenvalue weighted by molar-refractivity contribution is 0.0938. The molecular weight excluding hydrogens is 390 g/mol. The van der Waals surface area contributed by atoms with Crippen LogP contribution in [0.4, 0.5) is 5.95 Å². The zero-order valence-electron chi connectivity index (χ0n) is 17.2. The quantitative estimate of drug-likeness (QED) is 0.489. The molecule has 0 radical (unpaired) electrons. The van der Waals surface area contributed by atoms with Gasteiger partial charge in [0.1, 0.15) is 24.2 Å². The fraction of sp³-hybridized carbons (Fsp3) is 0.350. The Morgan fingerprint density at radius 1 is 1.20 bits per heavy atom. The maximum atomic E-state index is 12.7. The minimum atomic E-state index is -0.935. The second-order valence-corrected chi connectivity index (χ2v) is 6.73. The van der Waals surface area contributed by atoms with E-state index < -0.39 is 17.4 Å². The molecule has 0 aliphatic heterocycles. The average Bonchev–Trinajstić information content (AvgIpc) is 3.11. The lowest BCUT2D eigenvalue weighted by Gasteiger charge is -2.16. The van der Waals surface area contributed by atoms with Gasteiger partial charge in [-0.1, -0.05) is 6.08 Å². The van der Waals surface area contributed by atoms with Gasteiger partial charge in [-0.2, -0.15) is 4.98 Å². The SMILES string of the molecule is C=CCNc1nc2c(c(=O)n(C)c(=O)n2C)n1C[C@H](O)COc1ccc(OC)cc1. The molecule has 0 aliphatic rings. The first-order valence-electron chi connectivity index (χ1n) is 9.33. The Morgan fingerprint density at radius 3 is 2.50 bits per heavy atom. The van der Waals surface area contributed by atoms with Gasteiger partial charge in [0.15, 0.2) is 11.2 Å². The Hall–Kier alpha value is -3.53. The number of methoxy groups -OCH3 is 1. The van der Waals surface area contributed by atoms with Crippen molar-refractivity contribution in [1.82, 2.24) is 18.7 Å². The molecule has 2 heterocycles. The fourth-order valence-electron chi connectivity index (χ4n) is 3.05. The third-order valence-corrected chi connectivity index (χ3v) is 4.65. The minimum absolute atomic E-state index is 0.00101. The molecule has 30 heavy (non-hydrogen) atoms. The van der Waals surface area contributed by atoms with Gasteiger partial charge >= 0.3 is 5.69 Å². The summed E-state index contributed by atoms with van der Waals surface area (Å²) >= 11 is 0. The third kappa shape index (κ3) is 4.08. The molecule has 0 saturated heterocycles. The molecule has 0 bridgehead atoms. The van der Waals surface area contributed by atoms with E-state index >= 15 is 0 Å². The molecule has 0 aliphatic carbocycles. The van der Waals surface area contributed by atoms with E-state index in [0.717, 1.165) is 4.57 Å². The standard InChI is InChI=1S/C20H25N5O5/c1-5-10-21-19-22-17-16(18(27)24(3)20(28)23(17)2)25(19)11-13(26)12-30-15-8-6-14(29-4)7-9-15/h5-9,13,26H,1,10-12H2,2-4H3,(H,21,22)/t13-/m0/s1. The Labute approximate surface area is 172 Å². The summed E-state index contributed by atoms with van der Waals surface area (Å²) in [6, 6.07) is 6.99. The molecule has 160 valence electrons. The number of imidazole rings is 1. The molecule has 1 aromatic carbocycles. The molecule has 2 N–H and O–H groups in total. The number of benzene rings is 1. The van der Waals surface area contributed by atoms with E-state index in [4.69, 9.17) is 9.47 Å². The Morgan fingerprint density at radius 2 is 1.87 bits per heavy atom. The van der Waals surface area contributed by atoms with E-state index in [2.05, 4.69) is 16.9 Å². The summed E-state index contributed by atoms with van der Waals surface area (Å²) in [5.74, 6) is 1.63. The molecule has 10 nitrogen and oxygen atoms in total. The summed E-state index contributed by atoms with van der Waals surface area (Å²) in [6.45, 7) is 4.10. The third-order valence-electron chi connectivity index (χ3n) is 4.65. The number of nitrogens with one attached hydrogen (secondary N) is 1. The van der Waals surface area contributed by atoms with Crippen LogP contribution in [-0.2, 0) is 20.6 Å². The predicted molar refractivity (Wildman–Crippen MR) is 113 cm³/mol. The number of hydrogen-bond donors (Lipinski definition) is 2. The summed E-state index contributed by atoms with van der Waals surface area (Å²) in [6.07, 6.45) is 0.708. The van der Waals surface area contributed by atoms with E-state index in [9.17, 15) is 14.7 Å². The monoisotopic (exact) mass is 415 g/mol. The van der Waals surface area contributed by atoms with Crippen LogP contribution < -0.4 is 26.0 Å². The van der Waals surface area contributed by atoms with E-state index in [0.29, 0.717) is 24.0 Å². The summed E-state index contributed by atoms with van der Waals surface area (Å²) in [5.41, 5.74) is -0.515. The van der Waals surface area contributed by atoms with Crippen LogP contribution in [0.5, 0.6) is 11.5 Å². The van der Waals surface area contributed by atoms with Crippen LogP contribution in [0.3, 0.4) is 0 Å². The molecule has 2 aromatic heterocycles. The first-order valence-corrected chi connectivity index (χ1v) is 9.33. The van der Waals surface area contributed by atoms with Crippen molar-refractivity contribution < 1.29 is 14.6 Å². The molecule has 3 aromatic rings. The van der Waals surface area contributed by atoms with Gasteiger partial charge in [-0.25, -0.2) is 4.79 Å². The summed E-state index contributed by atoms with van der Waals surface area (Å²) in [4.78, 5) is 29.4. The van der Waals surface area contributed by atoms with Crippen molar-refractivity contribution in [2.45, 2.75) is 12.6 Å². The van der Waals surface area contributed by atoms with Gasteiger partial charge in [0.2, 0.25) is 5.95 Å². The highest BCUT2D eigenvalue weighted by Crippen LogP contribution is 2.19. The highest BCUT2D eigenvalue weighted by Gasteiger charge is 2.21. The van der Waals surface area contributed by atoms with E-state index in [1.807, 2.05) is 0 Å². The largest absolute Gasteiger partial charge is 0.497 e. The first-order chi connectivity index (χ1) is 14.4. The van der Waals surface area contributed by atoms with Crippen molar-refractivity contribution >= 4 is 17.1 Å². The van der Waals surface area contributed by atoms with Gasteiger partial charge in [-0.05, 0) is 24.3 Å². The molecule has 0 fully saturated rings. The Balaban J connectivity index is 1.89. The van der Waals surface area contributed by atoms with Crippen molar-refractivity contribution in [2.75, 3.05) is 25.6 Å². The summed E-state index contributed by atoms with van der Waals surface area (Å²) < 4.78 is 14.6. The number of rotatable bonds is 9. The summed E-state index contributed by atoms with van der Waals surface area (Å²) in [7, 11) is 4.52. The van der Waals surface area contributed by atoms with Crippen molar-refractivity contribution in [2.24, 2.45) is 14.1 Å². The van der Waals surface area contributed by atoms with Crippen LogP contribution in [0.25, 0.3) is 11.2 Å². The molecule has 0 spiro atoms. The Kier molecular flexibility index (Phi) is 6.26. The highest BCUT2D eigenvalue weighted by atomic mass is 16.5. The van der Waals surface area contributed by atoms with Gasteiger partial charge in [0.25, 0.3) is 5.56 Å². The predicted octanol–water partition coefficient (Wildman–Crippen LogP) is 0.480. The van der Waals surface area contributed by atoms with Gasteiger partial charge in [-0.3, -0.25) is 13.9 Å². The second kappa shape index (κ2) is 8.87. The van der Waals surface area contributed by atoms with E-state index in [1.54, 1.807) is 49.1 Å². The van der Waals surface area contributed by atoms with E-state index in [1.165, 1.54) is 11.6 Å². The van der Waals surface area contributed by atoms with Gasteiger partial charge < -0.3 is 24.5 Å². The fourth-order valence-corrected chi connectivity index (χ4v) is 3.05. The lowest BCUT2D eigenvalue weighted by Crippen LogP contribution is -2.38. The van der Waals surface area contributed by atoms with Crippen molar-refractivity contribution in [3.8, 4) is 11.5 Å². The van der Waals surface area contributed by atoms with Crippen LogP contribution >= 0.6 is 0 Å². The number of aromatic nitrogens is 4.